The van der Waals surface area contributed by atoms with Gasteiger partial charge in [-0.3, -0.25) is 0 Å². The highest BCUT2D eigenvalue weighted by molar-refractivity contribution is 6.84. The molecule has 0 aromatic carbocycles. The Balaban J connectivity index is 5.22. The maximum Gasteiger partial charge on any atom is 0.347 e. The second kappa shape index (κ2) is 9.23. The summed E-state index contributed by atoms with van der Waals surface area (Å²) >= 11 is 6.38. The smallest absolute Gasteiger partial charge is 0.347 e. The van der Waals surface area contributed by atoms with Gasteiger partial charge in [0.15, 0.2) is 8.32 Å². The number of carbonyl (C=O) groups excluding carboxylic acids is 1. The maximum atomic E-state index is 12.1. The first-order valence-electron chi connectivity index (χ1n) is 8.44. The van der Waals surface area contributed by atoms with Crippen molar-refractivity contribution in [1.29, 1.82) is 0 Å². The third kappa shape index (κ3) is 8.52. The van der Waals surface area contributed by atoms with Gasteiger partial charge in [-0.05, 0) is 25.1 Å². The first kappa shape index (κ1) is 23.5. The van der Waals surface area contributed by atoms with E-state index in [-0.39, 0.29) is 10.6 Å². The van der Waals surface area contributed by atoms with Crippen LogP contribution < -0.4 is 0 Å². The van der Waals surface area contributed by atoms with Crippen LogP contribution in [0.15, 0.2) is 10.6 Å². The molecule has 0 aromatic heterocycles. The fourth-order valence-corrected chi connectivity index (χ4v) is 3.17. The molecule has 0 saturated heterocycles. The lowest BCUT2D eigenvalue weighted by atomic mass is 10.2. The zero-order chi connectivity index (χ0) is 19.2. The van der Waals surface area contributed by atoms with Gasteiger partial charge in [0, 0.05) is 18.1 Å². The van der Waals surface area contributed by atoms with Crippen LogP contribution in [-0.4, -0.2) is 35.6 Å². The Morgan fingerprint density at radius 3 is 2.08 bits per heavy atom. The molecule has 3 nitrogen and oxygen atoms in total. The number of esters is 1. The second-order valence-electron chi connectivity index (χ2n) is 8.36. The molecular formula is C18H33ClO3Si2. The highest BCUT2D eigenvalue weighted by Crippen LogP contribution is 2.36. The van der Waals surface area contributed by atoms with E-state index in [4.69, 9.17) is 20.8 Å². The number of hydrogen-bond donors (Lipinski definition) is 0. The van der Waals surface area contributed by atoms with E-state index in [0.29, 0.717) is 24.7 Å². The highest BCUT2D eigenvalue weighted by atomic mass is 35.5. The van der Waals surface area contributed by atoms with Gasteiger partial charge in [-0.25, -0.2) is 4.79 Å². The van der Waals surface area contributed by atoms with Crippen molar-refractivity contribution >= 4 is 34.0 Å². The quantitative estimate of drug-likeness (QED) is 0.267. The van der Waals surface area contributed by atoms with E-state index in [2.05, 4.69) is 65.0 Å². The minimum absolute atomic E-state index is 0.144. The summed E-state index contributed by atoms with van der Waals surface area (Å²) in [6, 6.07) is 0. The summed E-state index contributed by atoms with van der Waals surface area (Å²) in [5.74, 6) is 2.52. The van der Waals surface area contributed by atoms with Crippen LogP contribution in [0.4, 0.5) is 0 Å². The van der Waals surface area contributed by atoms with Gasteiger partial charge in [0.05, 0.1) is 6.61 Å². The molecule has 0 aliphatic heterocycles. The van der Waals surface area contributed by atoms with Crippen LogP contribution in [0, 0.1) is 11.5 Å². The standard InChI is InChI=1S/C18H33ClO3Si2/c1-10-21-17(20)15(12-14-23(5,6)7)16(19)11-13-22-24(8,9)18(2,3)4/h10-11,13H2,1-9H3/b16-15-. The summed E-state index contributed by atoms with van der Waals surface area (Å²) < 4.78 is 11.2. The molecule has 24 heavy (non-hydrogen) atoms. The molecule has 6 heteroatoms. The molecule has 0 spiro atoms. The molecule has 0 bridgehead atoms. The Morgan fingerprint density at radius 2 is 1.67 bits per heavy atom. The summed E-state index contributed by atoms with van der Waals surface area (Å²) in [4.78, 5) is 12.1. The van der Waals surface area contributed by atoms with Crippen LogP contribution in [-0.2, 0) is 14.0 Å². The molecule has 0 aromatic rings. The lowest BCUT2D eigenvalue weighted by Crippen LogP contribution is -2.41. The number of rotatable bonds is 6. The molecule has 0 amide bonds. The van der Waals surface area contributed by atoms with E-state index in [1.165, 1.54) is 0 Å². The van der Waals surface area contributed by atoms with Crippen LogP contribution in [0.25, 0.3) is 0 Å². The predicted molar refractivity (Wildman–Crippen MR) is 108 cm³/mol. The fourth-order valence-electron chi connectivity index (χ4n) is 1.42. The van der Waals surface area contributed by atoms with Gasteiger partial charge in [-0.2, -0.15) is 0 Å². The molecule has 0 fully saturated rings. The van der Waals surface area contributed by atoms with E-state index in [1.54, 1.807) is 6.92 Å². The summed E-state index contributed by atoms with van der Waals surface area (Å²) in [6.07, 6.45) is 0.475. The van der Waals surface area contributed by atoms with Crippen LogP contribution in [0.3, 0.4) is 0 Å². The molecular weight excluding hydrogens is 356 g/mol. The number of hydrogen-bond acceptors (Lipinski definition) is 3. The molecule has 138 valence electrons. The summed E-state index contributed by atoms with van der Waals surface area (Å²) in [6.45, 7) is 19.9. The van der Waals surface area contributed by atoms with Crippen molar-refractivity contribution in [2.45, 2.75) is 71.9 Å². The molecule has 0 rings (SSSR count). The molecule has 0 radical (unpaired) electrons. The molecule has 0 aliphatic rings. The van der Waals surface area contributed by atoms with Crippen LogP contribution in [0.1, 0.15) is 34.1 Å². The molecule has 0 heterocycles. The lowest BCUT2D eigenvalue weighted by molar-refractivity contribution is -0.138. The van der Waals surface area contributed by atoms with E-state index in [1.807, 2.05) is 0 Å². The van der Waals surface area contributed by atoms with Crippen molar-refractivity contribution < 1.29 is 14.0 Å². The summed E-state index contributed by atoms with van der Waals surface area (Å²) in [5, 5.41) is 0.572. The monoisotopic (exact) mass is 388 g/mol. The molecule has 0 unspecified atom stereocenters. The largest absolute Gasteiger partial charge is 0.462 e. The zero-order valence-corrected chi connectivity index (χ0v) is 19.5. The Bertz CT molecular complexity index is 529. The van der Waals surface area contributed by atoms with Gasteiger partial charge < -0.3 is 9.16 Å². The van der Waals surface area contributed by atoms with Crippen molar-refractivity contribution in [2.24, 2.45) is 0 Å². The number of carbonyl (C=O) groups is 1. The topological polar surface area (TPSA) is 35.5 Å². The van der Waals surface area contributed by atoms with Gasteiger partial charge in [-0.15, -0.1) is 5.54 Å². The van der Waals surface area contributed by atoms with Crippen molar-refractivity contribution in [2.75, 3.05) is 13.2 Å². The normalized spacial score (nSPS) is 13.8. The van der Waals surface area contributed by atoms with Gasteiger partial charge in [0.1, 0.15) is 13.6 Å². The molecule has 0 atom stereocenters. The Kier molecular flexibility index (Phi) is 9.02. The third-order valence-electron chi connectivity index (χ3n) is 3.90. The van der Waals surface area contributed by atoms with Gasteiger partial charge >= 0.3 is 5.97 Å². The van der Waals surface area contributed by atoms with Crippen molar-refractivity contribution in [1.82, 2.24) is 0 Å². The van der Waals surface area contributed by atoms with Gasteiger partial charge in [0.2, 0.25) is 0 Å². The Labute approximate surface area is 155 Å². The van der Waals surface area contributed by atoms with E-state index in [0.717, 1.165) is 0 Å². The Hall–Kier alpha value is -0.546. The van der Waals surface area contributed by atoms with Crippen molar-refractivity contribution in [3.8, 4) is 11.5 Å². The van der Waals surface area contributed by atoms with Crippen LogP contribution in [0.5, 0.6) is 0 Å². The first-order valence-corrected chi connectivity index (χ1v) is 15.2. The van der Waals surface area contributed by atoms with Crippen LogP contribution in [0.2, 0.25) is 37.8 Å². The summed E-state index contributed by atoms with van der Waals surface area (Å²) in [7, 11) is -3.43. The average molecular weight is 389 g/mol. The van der Waals surface area contributed by atoms with Crippen LogP contribution >= 0.6 is 11.6 Å². The van der Waals surface area contributed by atoms with E-state index >= 15 is 0 Å². The summed E-state index contributed by atoms with van der Waals surface area (Å²) in [5.41, 5.74) is 3.46. The van der Waals surface area contributed by atoms with E-state index in [9.17, 15) is 4.79 Å². The lowest BCUT2D eigenvalue weighted by Gasteiger charge is -2.36. The zero-order valence-electron chi connectivity index (χ0n) is 16.7. The molecule has 0 N–H and O–H groups in total. The second-order valence-corrected chi connectivity index (χ2v) is 18.4. The van der Waals surface area contributed by atoms with Crippen molar-refractivity contribution in [3.05, 3.63) is 10.6 Å². The van der Waals surface area contributed by atoms with Gasteiger partial charge in [-0.1, -0.05) is 57.9 Å². The number of halogens is 1. The highest BCUT2D eigenvalue weighted by Gasteiger charge is 2.36. The SMILES string of the molecule is CCOC(=O)/C(C#C[Si](C)(C)C)=C(\Cl)CCO[Si](C)(C)C(C)(C)C. The van der Waals surface area contributed by atoms with E-state index < -0.39 is 22.4 Å². The maximum absolute atomic E-state index is 12.1. The fraction of sp³-hybridized carbons (Fsp3) is 0.722. The minimum Gasteiger partial charge on any atom is -0.462 e. The first-order chi connectivity index (χ1) is 10.7. The minimum atomic E-state index is -1.82. The third-order valence-corrected chi connectivity index (χ3v) is 9.70. The molecule has 0 saturated carbocycles. The molecule has 0 aliphatic carbocycles. The number of ether oxygens (including phenoxy) is 1. The van der Waals surface area contributed by atoms with Crippen molar-refractivity contribution in [3.63, 3.8) is 0 Å². The average Bonchev–Trinajstić information content (AvgIpc) is 2.36. The van der Waals surface area contributed by atoms with Gasteiger partial charge in [0.25, 0.3) is 0 Å². The Morgan fingerprint density at radius 1 is 1.12 bits per heavy atom. The predicted octanol–water partition coefficient (Wildman–Crippen LogP) is 5.34.